The zero-order valence-electron chi connectivity index (χ0n) is 12.3. The summed E-state index contributed by atoms with van der Waals surface area (Å²) in [5.74, 6) is -0.0195. The molecule has 0 fully saturated rings. The fourth-order valence-corrected chi connectivity index (χ4v) is 2.22. The molecular formula is C17H21N3O. The highest BCUT2D eigenvalue weighted by Gasteiger charge is 2.09. The van der Waals surface area contributed by atoms with Gasteiger partial charge in [-0.1, -0.05) is 42.5 Å². The number of rotatable bonds is 6. The highest BCUT2D eigenvalue weighted by atomic mass is 16.2. The Morgan fingerprint density at radius 1 is 1.05 bits per heavy atom. The summed E-state index contributed by atoms with van der Waals surface area (Å²) in [6, 6.07) is 17.5. The lowest BCUT2D eigenvalue weighted by Gasteiger charge is -2.18. The van der Waals surface area contributed by atoms with Crippen LogP contribution in [0.1, 0.15) is 11.1 Å². The van der Waals surface area contributed by atoms with E-state index in [1.807, 2.05) is 66.5 Å². The first-order chi connectivity index (χ1) is 10.2. The molecule has 0 saturated carbocycles. The minimum atomic E-state index is -0.0195. The van der Waals surface area contributed by atoms with E-state index in [-0.39, 0.29) is 5.91 Å². The zero-order chi connectivity index (χ0) is 15.1. The lowest BCUT2D eigenvalue weighted by molar-refractivity contribution is -0.117. The van der Waals surface area contributed by atoms with Gasteiger partial charge >= 0.3 is 0 Å². The highest BCUT2D eigenvalue weighted by Crippen LogP contribution is 2.10. The second-order valence-corrected chi connectivity index (χ2v) is 5.06. The number of nitrogens with one attached hydrogen (secondary N) is 1. The standard InChI is InChI=1S/C17H21N3O/c1-20(12-15-8-6-5-7-14(15)11-18)13-17(21)19-16-9-3-2-4-10-16/h2-10H,11-13,18H2,1H3,(H,19,21). The summed E-state index contributed by atoms with van der Waals surface area (Å²) in [6.07, 6.45) is 0. The molecule has 0 aromatic heterocycles. The monoisotopic (exact) mass is 283 g/mol. The van der Waals surface area contributed by atoms with Gasteiger partial charge in [0.15, 0.2) is 0 Å². The van der Waals surface area contributed by atoms with Crippen molar-refractivity contribution in [3.8, 4) is 0 Å². The molecule has 3 N–H and O–H groups in total. The number of nitrogens with zero attached hydrogens (tertiary/aromatic N) is 1. The first-order valence-electron chi connectivity index (χ1n) is 6.99. The Kier molecular flexibility index (Phi) is 5.49. The van der Waals surface area contributed by atoms with Crippen LogP contribution < -0.4 is 11.1 Å². The minimum absolute atomic E-state index is 0.0195. The van der Waals surface area contributed by atoms with Crippen LogP contribution in [0.4, 0.5) is 5.69 Å². The first-order valence-corrected chi connectivity index (χ1v) is 6.99. The van der Waals surface area contributed by atoms with E-state index < -0.39 is 0 Å². The maximum Gasteiger partial charge on any atom is 0.238 e. The van der Waals surface area contributed by atoms with Crippen molar-refractivity contribution in [2.75, 3.05) is 18.9 Å². The normalized spacial score (nSPS) is 10.6. The van der Waals surface area contributed by atoms with E-state index in [9.17, 15) is 4.79 Å². The van der Waals surface area contributed by atoms with Crippen LogP contribution in [-0.2, 0) is 17.9 Å². The van der Waals surface area contributed by atoms with Crippen LogP contribution in [0.2, 0.25) is 0 Å². The minimum Gasteiger partial charge on any atom is -0.326 e. The SMILES string of the molecule is CN(CC(=O)Nc1ccccc1)Cc1ccccc1CN. The van der Waals surface area contributed by atoms with Crippen LogP contribution in [0.25, 0.3) is 0 Å². The smallest absolute Gasteiger partial charge is 0.238 e. The van der Waals surface area contributed by atoms with Crippen molar-refractivity contribution >= 4 is 11.6 Å². The van der Waals surface area contributed by atoms with E-state index in [0.29, 0.717) is 19.6 Å². The number of carbonyl (C=O) groups is 1. The third kappa shape index (κ3) is 4.70. The fraction of sp³-hybridized carbons (Fsp3) is 0.235. The molecule has 4 nitrogen and oxygen atoms in total. The summed E-state index contributed by atoms with van der Waals surface area (Å²) in [4.78, 5) is 14.0. The second kappa shape index (κ2) is 7.57. The van der Waals surface area contributed by atoms with Crippen molar-refractivity contribution < 1.29 is 4.79 Å². The number of para-hydroxylation sites is 1. The number of carbonyl (C=O) groups excluding carboxylic acids is 1. The maximum atomic E-state index is 12.0. The van der Waals surface area contributed by atoms with Gasteiger partial charge in [0.05, 0.1) is 6.54 Å². The van der Waals surface area contributed by atoms with Gasteiger partial charge in [0.1, 0.15) is 0 Å². The Hall–Kier alpha value is -2.17. The molecule has 0 spiro atoms. The summed E-state index contributed by atoms with van der Waals surface area (Å²) < 4.78 is 0. The van der Waals surface area contributed by atoms with E-state index in [1.54, 1.807) is 0 Å². The van der Waals surface area contributed by atoms with Crippen molar-refractivity contribution in [1.82, 2.24) is 4.90 Å². The number of hydrogen-bond donors (Lipinski definition) is 2. The lowest BCUT2D eigenvalue weighted by Crippen LogP contribution is -2.30. The van der Waals surface area contributed by atoms with Crippen LogP contribution in [0.5, 0.6) is 0 Å². The van der Waals surface area contributed by atoms with E-state index in [1.165, 1.54) is 0 Å². The molecule has 1 amide bonds. The van der Waals surface area contributed by atoms with Crippen molar-refractivity contribution in [3.63, 3.8) is 0 Å². The predicted molar refractivity (Wildman–Crippen MR) is 85.7 cm³/mol. The van der Waals surface area contributed by atoms with Gasteiger partial charge in [-0.2, -0.15) is 0 Å². The van der Waals surface area contributed by atoms with E-state index in [2.05, 4.69) is 5.32 Å². The number of nitrogens with two attached hydrogens (primary N) is 1. The Bertz CT molecular complexity index is 584. The van der Waals surface area contributed by atoms with Gasteiger partial charge in [0.2, 0.25) is 5.91 Å². The summed E-state index contributed by atoms with van der Waals surface area (Å²) in [5, 5.41) is 2.88. The third-order valence-corrected chi connectivity index (χ3v) is 3.25. The molecule has 2 aromatic carbocycles. The zero-order valence-corrected chi connectivity index (χ0v) is 12.3. The van der Waals surface area contributed by atoms with Gasteiger partial charge in [-0.3, -0.25) is 9.69 Å². The van der Waals surface area contributed by atoms with Crippen LogP contribution in [0, 0.1) is 0 Å². The quantitative estimate of drug-likeness (QED) is 0.854. The molecule has 0 atom stereocenters. The number of likely N-dealkylation sites (N-methyl/N-ethyl adjacent to an activating group) is 1. The molecule has 0 aliphatic rings. The molecule has 0 bridgehead atoms. The molecule has 4 heteroatoms. The maximum absolute atomic E-state index is 12.0. The van der Waals surface area contributed by atoms with Gasteiger partial charge in [-0.25, -0.2) is 0 Å². The molecule has 0 aliphatic heterocycles. The third-order valence-electron chi connectivity index (χ3n) is 3.25. The number of benzene rings is 2. The van der Waals surface area contributed by atoms with E-state index in [4.69, 9.17) is 5.73 Å². The van der Waals surface area contributed by atoms with Gasteiger partial charge in [-0.05, 0) is 30.3 Å². The Morgan fingerprint density at radius 2 is 1.67 bits per heavy atom. The number of anilines is 1. The highest BCUT2D eigenvalue weighted by molar-refractivity contribution is 5.92. The second-order valence-electron chi connectivity index (χ2n) is 5.06. The van der Waals surface area contributed by atoms with Gasteiger partial charge in [-0.15, -0.1) is 0 Å². The molecule has 0 unspecified atom stereocenters. The summed E-state index contributed by atoms with van der Waals surface area (Å²) in [6.45, 7) is 1.56. The predicted octanol–water partition coefficient (Wildman–Crippen LogP) is 2.22. The Morgan fingerprint density at radius 3 is 2.33 bits per heavy atom. The fourth-order valence-electron chi connectivity index (χ4n) is 2.22. The summed E-state index contributed by atoms with van der Waals surface area (Å²) in [7, 11) is 1.93. The van der Waals surface area contributed by atoms with Crippen LogP contribution in [0.3, 0.4) is 0 Å². The Balaban J connectivity index is 1.89. The Labute approximate surface area is 125 Å². The van der Waals surface area contributed by atoms with Crippen molar-refractivity contribution in [3.05, 3.63) is 65.7 Å². The largest absolute Gasteiger partial charge is 0.326 e. The van der Waals surface area contributed by atoms with Gasteiger partial charge in [0.25, 0.3) is 0 Å². The van der Waals surface area contributed by atoms with Crippen LogP contribution in [-0.4, -0.2) is 24.4 Å². The van der Waals surface area contributed by atoms with Gasteiger partial charge < -0.3 is 11.1 Å². The van der Waals surface area contributed by atoms with E-state index in [0.717, 1.165) is 16.8 Å². The number of amides is 1. The van der Waals surface area contributed by atoms with Gasteiger partial charge in [0, 0.05) is 18.8 Å². The summed E-state index contributed by atoms with van der Waals surface area (Å²) >= 11 is 0. The molecule has 0 heterocycles. The average Bonchev–Trinajstić information content (AvgIpc) is 2.48. The topological polar surface area (TPSA) is 58.4 Å². The summed E-state index contributed by atoms with van der Waals surface area (Å²) in [5.41, 5.74) is 8.83. The molecular weight excluding hydrogens is 262 g/mol. The van der Waals surface area contributed by atoms with Crippen LogP contribution in [0.15, 0.2) is 54.6 Å². The van der Waals surface area contributed by atoms with E-state index >= 15 is 0 Å². The molecule has 0 aliphatic carbocycles. The van der Waals surface area contributed by atoms with Crippen molar-refractivity contribution in [1.29, 1.82) is 0 Å². The number of hydrogen-bond acceptors (Lipinski definition) is 3. The molecule has 21 heavy (non-hydrogen) atoms. The molecule has 2 aromatic rings. The van der Waals surface area contributed by atoms with Crippen molar-refractivity contribution in [2.45, 2.75) is 13.1 Å². The first kappa shape index (κ1) is 15.2. The molecule has 110 valence electrons. The molecule has 0 saturated heterocycles. The average molecular weight is 283 g/mol. The molecule has 2 rings (SSSR count). The van der Waals surface area contributed by atoms with Crippen LogP contribution >= 0.6 is 0 Å². The lowest BCUT2D eigenvalue weighted by atomic mass is 10.1. The van der Waals surface area contributed by atoms with Crippen molar-refractivity contribution in [2.24, 2.45) is 5.73 Å². The molecule has 0 radical (unpaired) electrons.